The number of nitrogens with zero attached hydrogens (tertiary/aromatic N) is 1. The minimum Gasteiger partial charge on any atom is -0.291 e. The van der Waals surface area contributed by atoms with Crippen LogP contribution < -0.4 is 0 Å². The van der Waals surface area contributed by atoms with Crippen molar-refractivity contribution in [3.8, 4) is 0 Å². The molecule has 86 valence electrons. The third-order valence-corrected chi connectivity index (χ3v) is 3.00. The maximum atomic E-state index is 13.1. The summed E-state index contributed by atoms with van der Waals surface area (Å²) in [5.41, 5.74) is -1.91. The Labute approximate surface area is 95.8 Å². The lowest BCUT2D eigenvalue weighted by Gasteiger charge is -2.10. The Morgan fingerprint density at radius 1 is 1.44 bits per heavy atom. The fraction of sp³-hybridized carbons (Fsp3) is 0.333. The second-order valence-electron chi connectivity index (χ2n) is 3.34. The van der Waals surface area contributed by atoms with Crippen LogP contribution in [0.3, 0.4) is 0 Å². The molecule has 0 aromatic carbocycles. The van der Waals surface area contributed by atoms with Crippen LogP contribution in [0.5, 0.6) is 0 Å². The number of Topliss-reactive ketones (excluding diaryl/α,β-unsaturated/α-hetero) is 1. The second-order valence-corrected chi connectivity index (χ2v) is 4.20. The monoisotopic (exact) mass is 297 g/mol. The van der Waals surface area contributed by atoms with Crippen LogP contribution in [0.4, 0.5) is 17.6 Å². The van der Waals surface area contributed by atoms with Crippen LogP contribution in [0, 0.1) is 0 Å². The van der Waals surface area contributed by atoms with Gasteiger partial charge in [-0.2, -0.15) is 13.2 Å². The van der Waals surface area contributed by atoms with E-state index >= 15 is 0 Å². The third-order valence-electron chi connectivity index (χ3n) is 2.32. The number of aromatic nitrogens is 1. The highest BCUT2D eigenvalue weighted by Crippen LogP contribution is 2.38. The van der Waals surface area contributed by atoms with Crippen molar-refractivity contribution in [2.75, 3.05) is 0 Å². The van der Waals surface area contributed by atoms with E-state index in [0.29, 0.717) is 0 Å². The van der Waals surface area contributed by atoms with E-state index in [1.807, 2.05) is 0 Å². The zero-order valence-corrected chi connectivity index (χ0v) is 9.19. The van der Waals surface area contributed by atoms with Crippen molar-refractivity contribution in [2.45, 2.75) is 18.8 Å². The highest BCUT2D eigenvalue weighted by Gasteiger charge is 2.44. The topological polar surface area (TPSA) is 30.0 Å². The van der Waals surface area contributed by atoms with Gasteiger partial charge in [0.1, 0.15) is 0 Å². The molecular weight excluding hydrogens is 294 g/mol. The number of ketones is 1. The van der Waals surface area contributed by atoms with Crippen molar-refractivity contribution in [1.82, 2.24) is 4.98 Å². The minimum atomic E-state index is -4.75. The number of alkyl halides is 4. The minimum absolute atomic E-state index is 0.0415. The summed E-state index contributed by atoms with van der Waals surface area (Å²) in [6.07, 6.45) is -6.05. The quantitative estimate of drug-likeness (QED) is 0.689. The van der Waals surface area contributed by atoms with Gasteiger partial charge in [0, 0.05) is 17.1 Å². The van der Waals surface area contributed by atoms with Gasteiger partial charge in [-0.3, -0.25) is 4.79 Å². The van der Waals surface area contributed by atoms with E-state index in [-0.39, 0.29) is 16.5 Å². The number of fused-ring (bicyclic) bond motifs is 1. The summed E-state index contributed by atoms with van der Waals surface area (Å²) in [5, 5.41) is 0. The number of pyridine rings is 1. The maximum absolute atomic E-state index is 13.1. The maximum Gasteiger partial charge on any atom is 0.434 e. The average Bonchev–Trinajstić information content (AvgIpc) is 2.44. The number of halogens is 5. The normalized spacial score (nSPS) is 20.1. The van der Waals surface area contributed by atoms with Gasteiger partial charge in [-0.15, -0.1) is 0 Å². The SMILES string of the molecule is O=C1c2c(C(F)(F)F)ncc(Br)c2CC1F. The lowest BCUT2D eigenvalue weighted by molar-refractivity contribution is -0.141. The molecular formula is C9H4BrF4NO. The van der Waals surface area contributed by atoms with Crippen molar-refractivity contribution in [1.29, 1.82) is 0 Å². The first-order valence-corrected chi connectivity index (χ1v) is 5.04. The Kier molecular flexibility index (Phi) is 2.52. The lowest BCUT2D eigenvalue weighted by Crippen LogP contribution is -2.16. The fourth-order valence-electron chi connectivity index (χ4n) is 1.63. The molecule has 0 spiro atoms. The van der Waals surface area contributed by atoms with Crippen LogP contribution >= 0.6 is 15.9 Å². The van der Waals surface area contributed by atoms with E-state index in [9.17, 15) is 22.4 Å². The van der Waals surface area contributed by atoms with Crippen molar-refractivity contribution in [2.24, 2.45) is 0 Å². The molecule has 0 saturated heterocycles. The third kappa shape index (κ3) is 1.63. The van der Waals surface area contributed by atoms with E-state index in [4.69, 9.17) is 0 Å². The van der Waals surface area contributed by atoms with Crippen LogP contribution in [0.2, 0.25) is 0 Å². The van der Waals surface area contributed by atoms with E-state index in [1.165, 1.54) is 0 Å². The van der Waals surface area contributed by atoms with Crippen LogP contribution in [0.1, 0.15) is 21.6 Å². The van der Waals surface area contributed by atoms with E-state index in [2.05, 4.69) is 20.9 Å². The predicted molar refractivity (Wildman–Crippen MR) is 49.9 cm³/mol. The smallest absolute Gasteiger partial charge is 0.291 e. The number of carbonyl (C=O) groups excluding carboxylic acids is 1. The summed E-state index contributed by atoms with van der Waals surface area (Å²) in [4.78, 5) is 14.4. The fourth-order valence-corrected chi connectivity index (χ4v) is 2.10. The molecule has 0 radical (unpaired) electrons. The predicted octanol–water partition coefficient (Wildman–Crippen LogP) is 2.94. The Morgan fingerprint density at radius 2 is 2.06 bits per heavy atom. The van der Waals surface area contributed by atoms with Gasteiger partial charge in [-0.1, -0.05) is 0 Å². The summed E-state index contributed by atoms with van der Waals surface area (Å²) in [5.74, 6) is -1.14. The van der Waals surface area contributed by atoms with Crippen molar-refractivity contribution in [3.63, 3.8) is 0 Å². The summed E-state index contributed by atoms with van der Waals surface area (Å²) >= 11 is 2.95. The number of rotatable bonds is 0. The summed E-state index contributed by atoms with van der Waals surface area (Å²) in [6, 6.07) is 0. The van der Waals surface area contributed by atoms with Gasteiger partial charge in [0.25, 0.3) is 0 Å². The molecule has 0 saturated carbocycles. The second kappa shape index (κ2) is 3.51. The Hall–Kier alpha value is -0.980. The van der Waals surface area contributed by atoms with Crippen LogP contribution in [-0.4, -0.2) is 16.9 Å². The first-order chi connectivity index (χ1) is 7.32. The van der Waals surface area contributed by atoms with Crippen molar-refractivity contribution < 1.29 is 22.4 Å². The first-order valence-electron chi connectivity index (χ1n) is 4.25. The molecule has 1 atom stereocenters. The summed E-state index contributed by atoms with van der Waals surface area (Å²) in [7, 11) is 0. The highest BCUT2D eigenvalue weighted by molar-refractivity contribution is 9.10. The number of carbonyl (C=O) groups is 1. The molecule has 2 rings (SSSR count). The van der Waals surface area contributed by atoms with E-state index in [0.717, 1.165) is 6.20 Å². The van der Waals surface area contributed by atoms with Gasteiger partial charge in [-0.05, 0) is 21.5 Å². The molecule has 1 aromatic heterocycles. The Bertz CT molecular complexity index is 471. The molecule has 16 heavy (non-hydrogen) atoms. The van der Waals surface area contributed by atoms with Gasteiger partial charge in [-0.25, -0.2) is 9.37 Å². The molecule has 0 N–H and O–H groups in total. The molecule has 7 heteroatoms. The van der Waals surface area contributed by atoms with Gasteiger partial charge in [0.15, 0.2) is 17.6 Å². The zero-order chi connectivity index (χ0) is 12.1. The van der Waals surface area contributed by atoms with Gasteiger partial charge >= 0.3 is 6.18 Å². The number of hydrogen-bond acceptors (Lipinski definition) is 2. The Morgan fingerprint density at radius 3 is 2.62 bits per heavy atom. The van der Waals surface area contributed by atoms with Crippen molar-refractivity contribution in [3.05, 3.63) is 27.5 Å². The summed E-state index contributed by atoms with van der Waals surface area (Å²) < 4.78 is 50.9. The van der Waals surface area contributed by atoms with Gasteiger partial charge in [0.05, 0.1) is 5.56 Å². The molecule has 0 aliphatic heterocycles. The largest absolute Gasteiger partial charge is 0.434 e. The molecule has 1 heterocycles. The average molecular weight is 298 g/mol. The molecule has 1 aliphatic rings. The van der Waals surface area contributed by atoms with E-state index < -0.39 is 29.4 Å². The highest BCUT2D eigenvalue weighted by atomic mass is 79.9. The lowest BCUT2D eigenvalue weighted by atomic mass is 10.1. The molecule has 2 nitrogen and oxygen atoms in total. The molecule has 0 amide bonds. The standard InChI is InChI=1S/C9H4BrF4NO/c10-4-2-15-8(9(12,13)14)6-3(4)1-5(11)7(6)16/h2,5H,1H2. The van der Waals surface area contributed by atoms with Crippen LogP contribution in [0.25, 0.3) is 0 Å². The molecule has 1 unspecified atom stereocenters. The number of hydrogen-bond donors (Lipinski definition) is 0. The Balaban J connectivity index is 2.70. The van der Waals surface area contributed by atoms with Crippen LogP contribution in [-0.2, 0) is 12.6 Å². The molecule has 0 fully saturated rings. The first kappa shape index (κ1) is 11.5. The zero-order valence-electron chi connectivity index (χ0n) is 7.61. The van der Waals surface area contributed by atoms with Crippen molar-refractivity contribution >= 4 is 21.7 Å². The summed E-state index contributed by atoms with van der Waals surface area (Å²) in [6.45, 7) is 0. The molecule has 0 bridgehead atoms. The van der Waals surface area contributed by atoms with Crippen LogP contribution in [0.15, 0.2) is 10.7 Å². The molecule has 1 aliphatic carbocycles. The van der Waals surface area contributed by atoms with Gasteiger partial charge in [0.2, 0.25) is 0 Å². The molecule has 1 aromatic rings. The van der Waals surface area contributed by atoms with Gasteiger partial charge < -0.3 is 0 Å². The van der Waals surface area contributed by atoms with E-state index in [1.54, 1.807) is 0 Å².